The van der Waals surface area contributed by atoms with Crippen LogP contribution >= 0.6 is 0 Å². The Balaban J connectivity index is 1.70. The molecule has 2 saturated heterocycles. The SMILES string of the molecule is CCC1(CC)CCN(CCC2CNCCO2)C1. The fraction of sp³-hybridized carbons (Fsp3) is 1.00. The summed E-state index contributed by atoms with van der Waals surface area (Å²) in [7, 11) is 0. The summed E-state index contributed by atoms with van der Waals surface area (Å²) in [5, 5.41) is 3.41. The maximum Gasteiger partial charge on any atom is 0.0712 e. The Bertz CT molecular complexity index is 222. The Morgan fingerprint density at radius 1 is 1.35 bits per heavy atom. The molecule has 0 amide bonds. The van der Waals surface area contributed by atoms with E-state index in [9.17, 15) is 0 Å². The first-order valence-electron chi connectivity index (χ1n) is 7.33. The summed E-state index contributed by atoms with van der Waals surface area (Å²) < 4.78 is 5.75. The highest BCUT2D eigenvalue weighted by molar-refractivity contribution is 4.88. The normalized spacial score (nSPS) is 29.6. The molecule has 1 unspecified atom stereocenters. The van der Waals surface area contributed by atoms with Gasteiger partial charge in [0, 0.05) is 26.2 Å². The van der Waals surface area contributed by atoms with Crippen molar-refractivity contribution in [3.05, 3.63) is 0 Å². The number of morpholine rings is 1. The molecule has 2 heterocycles. The lowest BCUT2D eigenvalue weighted by Crippen LogP contribution is -2.40. The van der Waals surface area contributed by atoms with Crippen LogP contribution in [0.15, 0.2) is 0 Å². The largest absolute Gasteiger partial charge is 0.376 e. The third-order valence-corrected chi connectivity index (χ3v) is 4.79. The standard InChI is InChI=1S/C14H28N2O/c1-3-14(4-2)6-9-16(12-14)8-5-13-11-15-7-10-17-13/h13,15H,3-12H2,1-2H3. The van der Waals surface area contributed by atoms with Crippen LogP contribution in [0.3, 0.4) is 0 Å². The molecule has 2 fully saturated rings. The van der Waals surface area contributed by atoms with E-state index in [1.807, 2.05) is 0 Å². The van der Waals surface area contributed by atoms with Gasteiger partial charge in [-0.1, -0.05) is 13.8 Å². The second kappa shape index (κ2) is 6.17. The predicted octanol–water partition coefficient (Wildman–Crippen LogP) is 1.88. The molecule has 2 aliphatic heterocycles. The minimum atomic E-state index is 0.446. The topological polar surface area (TPSA) is 24.5 Å². The van der Waals surface area contributed by atoms with Crippen molar-refractivity contribution < 1.29 is 4.74 Å². The molecule has 0 saturated carbocycles. The first-order valence-corrected chi connectivity index (χ1v) is 7.33. The molecule has 1 N–H and O–H groups in total. The van der Waals surface area contributed by atoms with Crippen molar-refractivity contribution in [2.75, 3.05) is 39.3 Å². The van der Waals surface area contributed by atoms with E-state index in [2.05, 4.69) is 24.1 Å². The summed E-state index contributed by atoms with van der Waals surface area (Å²) in [6.07, 6.45) is 5.70. The molecule has 17 heavy (non-hydrogen) atoms. The molecular formula is C14H28N2O. The molecule has 0 aromatic carbocycles. The lowest BCUT2D eigenvalue weighted by Gasteiger charge is -2.28. The summed E-state index contributed by atoms with van der Waals surface area (Å²) in [4.78, 5) is 2.64. The van der Waals surface area contributed by atoms with Crippen molar-refractivity contribution in [1.29, 1.82) is 0 Å². The van der Waals surface area contributed by atoms with Crippen LogP contribution in [-0.2, 0) is 4.74 Å². The quantitative estimate of drug-likeness (QED) is 0.794. The molecule has 0 aliphatic carbocycles. The van der Waals surface area contributed by atoms with Gasteiger partial charge < -0.3 is 15.0 Å². The van der Waals surface area contributed by atoms with Crippen LogP contribution in [0.2, 0.25) is 0 Å². The maximum atomic E-state index is 5.75. The summed E-state index contributed by atoms with van der Waals surface area (Å²) in [6.45, 7) is 11.5. The average Bonchev–Trinajstić information content (AvgIpc) is 2.82. The fourth-order valence-corrected chi connectivity index (χ4v) is 3.18. The lowest BCUT2D eigenvalue weighted by atomic mass is 9.82. The van der Waals surface area contributed by atoms with Crippen molar-refractivity contribution in [2.24, 2.45) is 5.41 Å². The number of ether oxygens (including phenoxy) is 1. The number of nitrogens with one attached hydrogen (secondary N) is 1. The smallest absolute Gasteiger partial charge is 0.0712 e. The van der Waals surface area contributed by atoms with Crippen molar-refractivity contribution >= 4 is 0 Å². The average molecular weight is 240 g/mol. The first-order chi connectivity index (χ1) is 8.28. The van der Waals surface area contributed by atoms with Gasteiger partial charge in [0.05, 0.1) is 12.7 Å². The molecule has 2 aliphatic rings. The molecule has 0 spiro atoms. The van der Waals surface area contributed by atoms with Gasteiger partial charge in [-0.15, -0.1) is 0 Å². The summed E-state index contributed by atoms with van der Waals surface area (Å²) in [5.74, 6) is 0. The lowest BCUT2D eigenvalue weighted by molar-refractivity contribution is 0.0180. The minimum absolute atomic E-state index is 0.446. The van der Waals surface area contributed by atoms with Gasteiger partial charge in [-0.25, -0.2) is 0 Å². The summed E-state index contributed by atoms with van der Waals surface area (Å²) in [5.41, 5.74) is 0.617. The zero-order valence-electron chi connectivity index (χ0n) is 11.5. The van der Waals surface area contributed by atoms with E-state index in [0.717, 1.165) is 19.7 Å². The number of nitrogens with zero attached hydrogens (tertiary/aromatic N) is 1. The van der Waals surface area contributed by atoms with Crippen LogP contribution < -0.4 is 5.32 Å². The van der Waals surface area contributed by atoms with Crippen LogP contribution in [0.4, 0.5) is 0 Å². The monoisotopic (exact) mass is 240 g/mol. The third kappa shape index (κ3) is 3.43. The summed E-state index contributed by atoms with van der Waals surface area (Å²) >= 11 is 0. The Hall–Kier alpha value is -0.120. The van der Waals surface area contributed by atoms with Gasteiger partial charge in [0.2, 0.25) is 0 Å². The maximum absolute atomic E-state index is 5.75. The van der Waals surface area contributed by atoms with E-state index in [4.69, 9.17) is 4.74 Å². The molecule has 0 aromatic rings. The fourth-order valence-electron chi connectivity index (χ4n) is 3.18. The molecule has 1 atom stereocenters. The van der Waals surface area contributed by atoms with Gasteiger partial charge in [-0.3, -0.25) is 0 Å². The van der Waals surface area contributed by atoms with Crippen molar-refractivity contribution in [2.45, 2.75) is 45.6 Å². The van der Waals surface area contributed by atoms with E-state index < -0.39 is 0 Å². The van der Waals surface area contributed by atoms with Gasteiger partial charge >= 0.3 is 0 Å². The molecule has 100 valence electrons. The molecule has 3 heteroatoms. The van der Waals surface area contributed by atoms with Gasteiger partial charge in [-0.05, 0) is 37.6 Å². The number of rotatable bonds is 5. The second-order valence-corrected chi connectivity index (χ2v) is 5.72. The van der Waals surface area contributed by atoms with E-state index >= 15 is 0 Å². The van der Waals surface area contributed by atoms with Gasteiger partial charge in [0.15, 0.2) is 0 Å². The first kappa shape index (κ1) is 13.3. The van der Waals surface area contributed by atoms with E-state index in [1.54, 1.807) is 0 Å². The Morgan fingerprint density at radius 3 is 2.76 bits per heavy atom. The van der Waals surface area contributed by atoms with Gasteiger partial charge in [0.25, 0.3) is 0 Å². The van der Waals surface area contributed by atoms with Gasteiger partial charge in [0.1, 0.15) is 0 Å². The highest BCUT2D eigenvalue weighted by Crippen LogP contribution is 2.36. The van der Waals surface area contributed by atoms with Crippen LogP contribution in [-0.4, -0.2) is 50.3 Å². The summed E-state index contributed by atoms with van der Waals surface area (Å²) in [6, 6.07) is 0. The van der Waals surface area contributed by atoms with E-state index in [0.29, 0.717) is 11.5 Å². The number of hydrogen-bond donors (Lipinski definition) is 1. The molecular weight excluding hydrogens is 212 g/mol. The number of hydrogen-bond acceptors (Lipinski definition) is 3. The highest BCUT2D eigenvalue weighted by atomic mass is 16.5. The molecule has 2 rings (SSSR count). The predicted molar refractivity (Wildman–Crippen MR) is 71.3 cm³/mol. The minimum Gasteiger partial charge on any atom is -0.376 e. The molecule has 0 aromatic heterocycles. The Labute approximate surface area is 106 Å². The van der Waals surface area contributed by atoms with Crippen molar-refractivity contribution in [1.82, 2.24) is 10.2 Å². The van der Waals surface area contributed by atoms with Crippen molar-refractivity contribution in [3.63, 3.8) is 0 Å². The highest BCUT2D eigenvalue weighted by Gasteiger charge is 2.34. The molecule has 0 radical (unpaired) electrons. The van der Waals surface area contributed by atoms with Crippen LogP contribution in [0.25, 0.3) is 0 Å². The van der Waals surface area contributed by atoms with Gasteiger partial charge in [-0.2, -0.15) is 0 Å². The molecule has 3 nitrogen and oxygen atoms in total. The second-order valence-electron chi connectivity index (χ2n) is 5.72. The zero-order chi connectivity index (χ0) is 12.1. The molecule has 0 bridgehead atoms. The van der Waals surface area contributed by atoms with Crippen LogP contribution in [0, 0.1) is 5.41 Å². The third-order valence-electron chi connectivity index (χ3n) is 4.79. The van der Waals surface area contributed by atoms with Crippen molar-refractivity contribution in [3.8, 4) is 0 Å². The number of likely N-dealkylation sites (tertiary alicyclic amines) is 1. The Morgan fingerprint density at radius 2 is 2.18 bits per heavy atom. The van der Waals surface area contributed by atoms with Crippen LogP contribution in [0.1, 0.15) is 39.5 Å². The van der Waals surface area contributed by atoms with E-state index in [1.165, 1.54) is 45.3 Å². The van der Waals surface area contributed by atoms with Crippen LogP contribution in [0.5, 0.6) is 0 Å². The zero-order valence-corrected chi connectivity index (χ0v) is 11.5. The van der Waals surface area contributed by atoms with E-state index in [-0.39, 0.29) is 0 Å². The Kier molecular flexibility index (Phi) is 4.83.